The van der Waals surface area contributed by atoms with Crippen LogP contribution in [0.2, 0.25) is 0 Å². The van der Waals surface area contributed by atoms with Gasteiger partial charge in [0.2, 0.25) is 10.0 Å². The molecule has 10 heteroatoms. The molecule has 5 N–H and O–H groups in total. The first-order valence-electron chi connectivity index (χ1n) is 9.07. The number of hydrazine groups is 1. The summed E-state index contributed by atoms with van der Waals surface area (Å²) in [5, 5.41) is 4.23. The van der Waals surface area contributed by atoms with Gasteiger partial charge >= 0.3 is 0 Å². The second-order valence-electron chi connectivity index (χ2n) is 8.69. The number of nitrogens with zero attached hydrogens (tertiary/aromatic N) is 2. The fourth-order valence-corrected chi connectivity index (χ4v) is 5.91. The molecule has 0 bridgehead atoms. The zero-order valence-corrected chi connectivity index (χ0v) is 16.7. The smallest absolute Gasteiger partial charge is 0.217 e. The molecule has 0 aromatic carbocycles. The molecule has 0 aliphatic carbocycles. The molecular formula is C16H31FN6O2S. The number of hydrogen-bond acceptors (Lipinski definition) is 7. The Bertz CT molecular complexity index is 664. The molecule has 5 unspecified atom stereocenters. The van der Waals surface area contributed by atoms with Crippen molar-refractivity contribution >= 4 is 10.0 Å². The zero-order chi connectivity index (χ0) is 19.3. The molecule has 150 valence electrons. The average Bonchev–Trinajstić information content (AvgIpc) is 2.85. The van der Waals surface area contributed by atoms with Crippen molar-refractivity contribution in [1.29, 1.82) is 0 Å². The molecule has 0 aromatic rings. The second kappa shape index (κ2) is 6.99. The van der Waals surface area contributed by atoms with Gasteiger partial charge in [-0.1, -0.05) is 0 Å². The Labute approximate surface area is 155 Å². The van der Waals surface area contributed by atoms with Gasteiger partial charge in [-0.2, -0.15) is 0 Å². The van der Waals surface area contributed by atoms with Crippen LogP contribution in [0.5, 0.6) is 0 Å². The molecule has 26 heavy (non-hydrogen) atoms. The Morgan fingerprint density at radius 1 is 1.35 bits per heavy atom. The standard InChI is InChI=1S/C16H31FN6O2S/c1-16(2,3)21-26(24,25)12-5-10(7-22(4)9-12)11-6-13(17)14-19-15(18)20-23(14)8-11/h7,11-15,19-21H,5-6,8-9,18H2,1-4H3. The van der Waals surface area contributed by atoms with E-state index in [0.717, 1.165) is 5.57 Å². The number of fused-ring (bicyclic) bond motifs is 1. The summed E-state index contributed by atoms with van der Waals surface area (Å²) in [6, 6.07) is 0. The van der Waals surface area contributed by atoms with Crippen LogP contribution >= 0.6 is 0 Å². The van der Waals surface area contributed by atoms with Crippen molar-refractivity contribution in [3.63, 3.8) is 0 Å². The van der Waals surface area contributed by atoms with Gasteiger partial charge in [-0.15, -0.1) is 0 Å². The molecule has 3 rings (SSSR count). The van der Waals surface area contributed by atoms with Gasteiger partial charge in [0.25, 0.3) is 0 Å². The van der Waals surface area contributed by atoms with Gasteiger partial charge in [0, 0.05) is 25.7 Å². The zero-order valence-electron chi connectivity index (χ0n) is 15.9. The minimum absolute atomic E-state index is 0.0454. The third kappa shape index (κ3) is 4.37. The lowest BCUT2D eigenvalue weighted by atomic mass is 9.86. The highest BCUT2D eigenvalue weighted by Crippen LogP contribution is 2.34. The average molecular weight is 391 g/mol. The predicted octanol–water partition coefficient (Wildman–Crippen LogP) is -0.371. The van der Waals surface area contributed by atoms with E-state index >= 15 is 0 Å². The number of rotatable bonds is 3. The minimum atomic E-state index is -3.47. The van der Waals surface area contributed by atoms with Crippen molar-refractivity contribution in [3.8, 4) is 0 Å². The molecule has 5 atom stereocenters. The molecule has 0 radical (unpaired) electrons. The van der Waals surface area contributed by atoms with Crippen molar-refractivity contribution in [2.45, 2.75) is 63.0 Å². The molecule has 0 saturated carbocycles. The number of hydrogen-bond donors (Lipinski definition) is 4. The number of sulfonamides is 1. The van der Waals surface area contributed by atoms with Crippen LogP contribution in [0.1, 0.15) is 33.6 Å². The maximum Gasteiger partial charge on any atom is 0.217 e. The number of nitrogens with two attached hydrogens (primary N) is 1. The molecule has 2 fully saturated rings. The molecular weight excluding hydrogens is 359 g/mol. The van der Waals surface area contributed by atoms with Crippen LogP contribution in [-0.2, 0) is 10.0 Å². The molecule has 3 aliphatic heterocycles. The van der Waals surface area contributed by atoms with Crippen molar-refractivity contribution in [1.82, 2.24) is 25.4 Å². The topological polar surface area (TPSA) is 103 Å². The van der Waals surface area contributed by atoms with Gasteiger partial charge in [0.05, 0.1) is 5.25 Å². The van der Waals surface area contributed by atoms with Crippen LogP contribution in [0.3, 0.4) is 0 Å². The van der Waals surface area contributed by atoms with E-state index in [0.29, 0.717) is 25.9 Å². The van der Waals surface area contributed by atoms with Gasteiger partial charge in [-0.3, -0.25) is 5.32 Å². The van der Waals surface area contributed by atoms with Gasteiger partial charge in [-0.25, -0.2) is 28.0 Å². The lowest BCUT2D eigenvalue weighted by Crippen LogP contribution is -2.54. The van der Waals surface area contributed by atoms with Crippen LogP contribution in [-0.4, -0.2) is 67.9 Å². The van der Waals surface area contributed by atoms with Gasteiger partial charge in [0.15, 0.2) is 0 Å². The third-order valence-electron chi connectivity index (χ3n) is 5.01. The molecule has 8 nitrogen and oxygen atoms in total. The van der Waals surface area contributed by atoms with Crippen LogP contribution in [0.4, 0.5) is 4.39 Å². The lowest BCUT2D eigenvalue weighted by Gasteiger charge is -2.40. The highest BCUT2D eigenvalue weighted by Gasteiger charge is 2.44. The van der Waals surface area contributed by atoms with E-state index in [2.05, 4.69) is 15.5 Å². The number of nitrogens with one attached hydrogen (secondary N) is 3. The maximum absolute atomic E-state index is 14.6. The Hall–Kier alpha value is -0.780. The minimum Gasteiger partial charge on any atom is -0.379 e. The summed E-state index contributed by atoms with van der Waals surface area (Å²) >= 11 is 0. The van der Waals surface area contributed by atoms with E-state index in [1.165, 1.54) is 0 Å². The van der Waals surface area contributed by atoms with Crippen molar-refractivity contribution in [3.05, 3.63) is 11.8 Å². The molecule has 2 saturated heterocycles. The van der Waals surface area contributed by atoms with E-state index in [-0.39, 0.29) is 5.92 Å². The lowest BCUT2D eigenvalue weighted by molar-refractivity contribution is 0.0334. The van der Waals surface area contributed by atoms with E-state index in [9.17, 15) is 12.8 Å². The van der Waals surface area contributed by atoms with Crippen molar-refractivity contribution < 1.29 is 12.8 Å². The molecule has 3 heterocycles. The normalized spacial score (nSPS) is 36.8. The van der Waals surface area contributed by atoms with Crippen LogP contribution < -0.4 is 21.2 Å². The van der Waals surface area contributed by atoms with E-state index < -0.39 is 39.4 Å². The molecule has 0 amide bonds. The van der Waals surface area contributed by atoms with Crippen molar-refractivity contribution in [2.24, 2.45) is 11.7 Å². The Kier molecular flexibility index (Phi) is 5.37. The van der Waals surface area contributed by atoms with E-state index in [1.807, 2.05) is 38.9 Å². The summed E-state index contributed by atoms with van der Waals surface area (Å²) < 4.78 is 42.9. The second-order valence-corrected chi connectivity index (χ2v) is 10.6. The summed E-state index contributed by atoms with van der Waals surface area (Å²) in [4.78, 5) is 1.89. The summed E-state index contributed by atoms with van der Waals surface area (Å²) in [6.07, 6.45) is 0.817. The van der Waals surface area contributed by atoms with Gasteiger partial charge in [-0.05, 0) is 51.3 Å². The van der Waals surface area contributed by atoms with Gasteiger partial charge < -0.3 is 10.6 Å². The van der Waals surface area contributed by atoms with E-state index in [1.54, 1.807) is 5.01 Å². The Balaban J connectivity index is 1.74. The van der Waals surface area contributed by atoms with Crippen LogP contribution in [0, 0.1) is 5.92 Å². The largest absolute Gasteiger partial charge is 0.379 e. The summed E-state index contributed by atoms with van der Waals surface area (Å²) in [5.74, 6) is -0.0454. The monoisotopic (exact) mass is 390 g/mol. The molecule has 0 spiro atoms. The Morgan fingerprint density at radius 2 is 2.04 bits per heavy atom. The van der Waals surface area contributed by atoms with Crippen LogP contribution in [0.25, 0.3) is 0 Å². The summed E-state index contributed by atoms with van der Waals surface area (Å²) in [7, 11) is -1.61. The highest BCUT2D eigenvalue weighted by molar-refractivity contribution is 7.90. The fourth-order valence-electron chi connectivity index (χ4n) is 4.04. The third-order valence-corrected chi connectivity index (χ3v) is 7.10. The number of piperidine rings is 1. The number of alkyl halides is 1. The number of halogens is 1. The fraction of sp³-hybridized carbons (Fsp3) is 0.875. The van der Waals surface area contributed by atoms with Crippen LogP contribution in [0.15, 0.2) is 11.8 Å². The summed E-state index contributed by atoms with van der Waals surface area (Å²) in [6.45, 7) is 6.52. The highest BCUT2D eigenvalue weighted by atomic mass is 32.2. The quantitative estimate of drug-likeness (QED) is 0.521. The van der Waals surface area contributed by atoms with Crippen molar-refractivity contribution in [2.75, 3.05) is 20.1 Å². The summed E-state index contributed by atoms with van der Waals surface area (Å²) in [5.41, 5.74) is 9.28. The predicted molar refractivity (Wildman–Crippen MR) is 98.7 cm³/mol. The molecule has 3 aliphatic rings. The van der Waals surface area contributed by atoms with Gasteiger partial charge in [0.1, 0.15) is 18.6 Å². The maximum atomic E-state index is 14.6. The first-order chi connectivity index (χ1) is 11.9. The molecule has 0 aromatic heterocycles. The van der Waals surface area contributed by atoms with E-state index in [4.69, 9.17) is 5.73 Å². The Morgan fingerprint density at radius 3 is 2.69 bits per heavy atom. The first kappa shape index (κ1) is 20.0. The SMILES string of the molecule is CN1C=C(C2CC(F)C3NC(N)NN3C2)CC(S(=O)(=O)NC(C)(C)C)C1. The first-order valence-corrected chi connectivity index (χ1v) is 10.6.